The molecule has 0 heterocycles. The van der Waals surface area contributed by atoms with E-state index >= 15 is 0 Å². The summed E-state index contributed by atoms with van der Waals surface area (Å²) < 4.78 is 0. The number of carbonyl (C=O) groups is 1. The second-order valence-corrected chi connectivity index (χ2v) is 6.49. The molecule has 0 bridgehead atoms. The van der Waals surface area contributed by atoms with Crippen LogP contribution in [-0.2, 0) is 10.3 Å². The summed E-state index contributed by atoms with van der Waals surface area (Å²) in [5.74, 6) is -0.812. The fraction of sp³-hybridized carbons (Fsp3) is 0.174. The molecule has 0 saturated heterocycles. The van der Waals surface area contributed by atoms with E-state index < -0.39 is 11.5 Å². The summed E-state index contributed by atoms with van der Waals surface area (Å²) in [5, 5.41) is 12.9. The van der Waals surface area contributed by atoms with E-state index in [-0.39, 0.29) is 12.5 Å². The molecular weight excluding hydrogens is 322 g/mol. The zero-order valence-electron chi connectivity index (χ0n) is 14.8. The van der Waals surface area contributed by atoms with Gasteiger partial charge in [0, 0.05) is 6.04 Å². The molecule has 132 valence electrons. The highest BCUT2D eigenvalue weighted by Gasteiger charge is 2.37. The maximum Gasteiger partial charge on any atom is 0.304 e. The van der Waals surface area contributed by atoms with Gasteiger partial charge in [-0.1, -0.05) is 91.0 Å². The first-order valence-electron chi connectivity index (χ1n) is 8.79. The Morgan fingerprint density at radius 1 is 0.808 bits per heavy atom. The van der Waals surface area contributed by atoms with Crippen LogP contribution < -0.4 is 5.32 Å². The fourth-order valence-corrected chi connectivity index (χ4v) is 3.50. The van der Waals surface area contributed by atoms with Gasteiger partial charge in [-0.2, -0.15) is 0 Å². The Hall–Kier alpha value is -2.91. The van der Waals surface area contributed by atoms with E-state index in [9.17, 15) is 9.90 Å². The maximum atomic E-state index is 11.3. The van der Waals surface area contributed by atoms with Crippen LogP contribution >= 0.6 is 0 Å². The summed E-state index contributed by atoms with van der Waals surface area (Å²) >= 11 is 0. The van der Waals surface area contributed by atoms with Crippen LogP contribution in [0, 0.1) is 0 Å². The van der Waals surface area contributed by atoms with Crippen molar-refractivity contribution in [2.45, 2.75) is 24.9 Å². The van der Waals surface area contributed by atoms with Crippen molar-refractivity contribution in [3.05, 3.63) is 108 Å². The van der Waals surface area contributed by atoms with Gasteiger partial charge in [0.2, 0.25) is 0 Å². The van der Waals surface area contributed by atoms with Gasteiger partial charge in [0.15, 0.2) is 0 Å². The van der Waals surface area contributed by atoms with E-state index in [1.807, 2.05) is 61.5 Å². The lowest BCUT2D eigenvalue weighted by Gasteiger charge is -2.39. The highest BCUT2D eigenvalue weighted by molar-refractivity contribution is 5.67. The van der Waals surface area contributed by atoms with Crippen molar-refractivity contribution in [3.8, 4) is 0 Å². The summed E-state index contributed by atoms with van der Waals surface area (Å²) in [6.45, 7) is 1.91. The van der Waals surface area contributed by atoms with Gasteiger partial charge in [-0.15, -0.1) is 0 Å². The third-order valence-corrected chi connectivity index (χ3v) is 4.56. The number of nitrogens with one attached hydrogen (secondary N) is 1. The molecule has 0 unspecified atom stereocenters. The summed E-state index contributed by atoms with van der Waals surface area (Å²) in [7, 11) is 0. The average molecular weight is 345 g/mol. The maximum absolute atomic E-state index is 11.3. The number of hydrogen-bond donors (Lipinski definition) is 2. The van der Waals surface area contributed by atoms with Crippen LogP contribution in [-0.4, -0.2) is 17.1 Å². The predicted molar refractivity (Wildman–Crippen MR) is 104 cm³/mol. The molecule has 0 fully saturated rings. The Kier molecular flexibility index (Phi) is 5.49. The molecule has 3 aromatic carbocycles. The van der Waals surface area contributed by atoms with Crippen molar-refractivity contribution in [3.63, 3.8) is 0 Å². The summed E-state index contributed by atoms with van der Waals surface area (Å²) in [4.78, 5) is 11.3. The third kappa shape index (κ3) is 3.68. The van der Waals surface area contributed by atoms with Crippen molar-refractivity contribution in [1.82, 2.24) is 5.32 Å². The smallest absolute Gasteiger partial charge is 0.304 e. The zero-order valence-corrected chi connectivity index (χ0v) is 14.8. The normalized spacial score (nSPS) is 12.5. The quantitative estimate of drug-likeness (QED) is 0.623. The Balaban J connectivity index is 2.23. The Morgan fingerprint density at radius 2 is 1.15 bits per heavy atom. The first-order valence-corrected chi connectivity index (χ1v) is 8.79. The number of carboxylic acids is 1. The zero-order chi connectivity index (χ0) is 18.4. The molecule has 26 heavy (non-hydrogen) atoms. The Labute approximate surface area is 154 Å². The van der Waals surface area contributed by atoms with Gasteiger partial charge < -0.3 is 5.11 Å². The monoisotopic (exact) mass is 345 g/mol. The van der Waals surface area contributed by atoms with Gasteiger partial charge in [-0.25, -0.2) is 0 Å². The topological polar surface area (TPSA) is 49.3 Å². The second-order valence-electron chi connectivity index (χ2n) is 6.49. The van der Waals surface area contributed by atoms with Crippen LogP contribution in [0.15, 0.2) is 91.0 Å². The van der Waals surface area contributed by atoms with Gasteiger partial charge in [0.05, 0.1) is 12.0 Å². The molecule has 0 saturated carbocycles. The Morgan fingerprint density at radius 3 is 1.46 bits per heavy atom. The van der Waals surface area contributed by atoms with Gasteiger partial charge in [0.1, 0.15) is 0 Å². The minimum Gasteiger partial charge on any atom is -0.481 e. The highest BCUT2D eigenvalue weighted by Crippen LogP contribution is 2.37. The van der Waals surface area contributed by atoms with Crippen molar-refractivity contribution < 1.29 is 9.90 Å². The highest BCUT2D eigenvalue weighted by atomic mass is 16.4. The molecular formula is C23H23NO2. The van der Waals surface area contributed by atoms with Gasteiger partial charge >= 0.3 is 5.97 Å². The molecule has 2 N–H and O–H groups in total. The number of rotatable bonds is 7. The SMILES string of the molecule is C[C@@H](CC(=O)O)NC(c1ccccc1)(c1ccccc1)c1ccccc1. The minimum absolute atomic E-state index is 0.0499. The van der Waals surface area contributed by atoms with Crippen molar-refractivity contribution in [2.24, 2.45) is 0 Å². The first-order chi connectivity index (χ1) is 12.6. The number of aliphatic carboxylic acids is 1. The summed E-state index contributed by atoms with van der Waals surface area (Å²) in [5.41, 5.74) is 2.61. The average Bonchev–Trinajstić information content (AvgIpc) is 2.67. The molecule has 0 spiro atoms. The lowest BCUT2D eigenvalue weighted by Crippen LogP contribution is -2.49. The van der Waals surface area contributed by atoms with Gasteiger partial charge in [-0.3, -0.25) is 10.1 Å². The van der Waals surface area contributed by atoms with Crippen LogP contribution in [0.4, 0.5) is 0 Å². The number of benzene rings is 3. The van der Waals surface area contributed by atoms with E-state index in [1.54, 1.807) is 0 Å². The largest absolute Gasteiger partial charge is 0.481 e. The molecule has 0 amide bonds. The Bertz CT molecular complexity index is 735. The summed E-state index contributed by atoms with van der Waals surface area (Å²) in [6.07, 6.45) is 0.0499. The molecule has 1 atom stereocenters. The van der Waals surface area contributed by atoms with Crippen LogP contribution in [0.5, 0.6) is 0 Å². The lowest BCUT2D eigenvalue weighted by atomic mass is 9.76. The molecule has 0 aliphatic rings. The predicted octanol–water partition coefficient (Wildman–Crippen LogP) is 4.43. The van der Waals surface area contributed by atoms with Crippen molar-refractivity contribution in [1.29, 1.82) is 0 Å². The molecule has 3 aromatic rings. The number of carboxylic acid groups (broad SMARTS) is 1. The molecule has 3 nitrogen and oxygen atoms in total. The van der Waals surface area contributed by atoms with E-state index in [4.69, 9.17) is 0 Å². The summed E-state index contributed by atoms with van der Waals surface area (Å²) in [6, 6.07) is 30.3. The number of hydrogen-bond acceptors (Lipinski definition) is 2. The molecule has 0 aliphatic heterocycles. The van der Waals surface area contributed by atoms with Gasteiger partial charge in [-0.05, 0) is 23.6 Å². The van der Waals surface area contributed by atoms with Crippen LogP contribution in [0.25, 0.3) is 0 Å². The molecule has 0 aliphatic carbocycles. The van der Waals surface area contributed by atoms with Gasteiger partial charge in [0.25, 0.3) is 0 Å². The molecule has 0 aromatic heterocycles. The van der Waals surface area contributed by atoms with E-state index in [1.165, 1.54) is 0 Å². The van der Waals surface area contributed by atoms with E-state index in [0.717, 1.165) is 16.7 Å². The van der Waals surface area contributed by atoms with Crippen LogP contribution in [0.3, 0.4) is 0 Å². The van der Waals surface area contributed by atoms with Crippen molar-refractivity contribution >= 4 is 5.97 Å². The third-order valence-electron chi connectivity index (χ3n) is 4.56. The van der Waals surface area contributed by atoms with E-state index in [0.29, 0.717) is 0 Å². The van der Waals surface area contributed by atoms with E-state index in [2.05, 4.69) is 41.7 Å². The minimum atomic E-state index is -0.812. The lowest BCUT2D eigenvalue weighted by molar-refractivity contribution is -0.137. The first kappa shape index (κ1) is 17.9. The van der Waals surface area contributed by atoms with Crippen LogP contribution in [0.1, 0.15) is 30.0 Å². The van der Waals surface area contributed by atoms with Crippen molar-refractivity contribution in [2.75, 3.05) is 0 Å². The fourth-order valence-electron chi connectivity index (χ4n) is 3.50. The standard InChI is InChI=1S/C23H23NO2/c1-18(17-22(25)26)24-23(19-11-5-2-6-12-19,20-13-7-3-8-14-20)21-15-9-4-10-16-21/h2-16,18,24H,17H2,1H3,(H,25,26)/t18-/m0/s1. The molecule has 3 rings (SSSR count). The second kappa shape index (κ2) is 7.98. The molecule has 0 radical (unpaired) electrons. The molecule has 3 heteroatoms. The van der Waals surface area contributed by atoms with Crippen LogP contribution in [0.2, 0.25) is 0 Å².